The van der Waals surface area contributed by atoms with Crippen LogP contribution in [0.25, 0.3) is 11.1 Å². The number of nitrogens with zero attached hydrogens (tertiary/aromatic N) is 1. The summed E-state index contributed by atoms with van der Waals surface area (Å²) in [6, 6.07) is 15.4. The van der Waals surface area contributed by atoms with E-state index < -0.39 is 23.5 Å². The van der Waals surface area contributed by atoms with Gasteiger partial charge in [-0.15, -0.1) is 0 Å². The van der Waals surface area contributed by atoms with E-state index in [4.69, 9.17) is 4.74 Å². The lowest BCUT2D eigenvalue weighted by molar-refractivity contribution is -0.157. The number of fused-ring (bicyclic) bond motifs is 3. The fourth-order valence-corrected chi connectivity index (χ4v) is 5.29. The smallest absolute Gasteiger partial charge is 0.407 e. The van der Waals surface area contributed by atoms with E-state index in [0.29, 0.717) is 18.9 Å². The van der Waals surface area contributed by atoms with E-state index in [-0.39, 0.29) is 25.0 Å². The summed E-state index contributed by atoms with van der Waals surface area (Å²) >= 11 is 0. The molecule has 0 bridgehead atoms. The number of carbonyl (C=O) groups is 3. The standard InChI is InChI=1S/C28H34N2O5/c1-4-18-13-14-30(24(15-18)25(31)32)26(33)28(2,3)17-29-27(34)35-16-23-21-11-7-5-9-19(21)20-10-6-8-12-22(20)23/h5-12,18,23-24H,4,13-17H2,1-3H3,(H,29,34)(H,31,32). The van der Waals surface area contributed by atoms with Crippen LogP contribution < -0.4 is 5.32 Å². The van der Waals surface area contributed by atoms with Crippen LogP contribution in [0.1, 0.15) is 57.1 Å². The third kappa shape index (κ3) is 5.04. The lowest BCUT2D eigenvalue weighted by atomic mass is 9.85. The molecule has 1 aliphatic heterocycles. The highest BCUT2D eigenvalue weighted by molar-refractivity contribution is 5.88. The Morgan fingerprint density at radius 3 is 2.23 bits per heavy atom. The Bertz CT molecular complexity index is 1070. The molecule has 0 spiro atoms. The monoisotopic (exact) mass is 478 g/mol. The molecule has 1 fully saturated rings. The van der Waals surface area contributed by atoms with Gasteiger partial charge >= 0.3 is 12.1 Å². The van der Waals surface area contributed by atoms with Crippen molar-refractivity contribution in [1.29, 1.82) is 0 Å². The number of ether oxygens (including phenoxy) is 1. The van der Waals surface area contributed by atoms with Crippen LogP contribution in [-0.2, 0) is 14.3 Å². The van der Waals surface area contributed by atoms with Crippen LogP contribution >= 0.6 is 0 Å². The van der Waals surface area contributed by atoms with Crippen LogP contribution in [-0.4, -0.2) is 53.7 Å². The van der Waals surface area contributed by atoms with Crippen LogP contribution in [0.2, 0.25) is 0 Å². The second-order valence-electron chi connectivity index (χ2n) is 10.2. The molecule has 1 saturated heterocycles. The first kappa shape index (κ1) is 24.8. The van der Waals surface area contributed by atoms with Crippen LogP contribution in [0.4, 0.5) is 4.79 Å². The molecule has 186 valence electrons. The van der Waals surface area contributed by atoms with E-state index >= 15 is 0 Å². The molecule has 7 heteroatoms. The van der Waals surface area contributed by atoms with Crippen molar-refractivity contribution in [3.63, 3.8) is 0 Å². The number of carbonyl (C=O) groups excluding carboxylic acids is 2. The lowest BCUT2D eigenvalue weighted by Crippen LogP contribution is -2.55. The van der Waals surface area contributed by atoms with Gasteiger partial charge in [-0.1, -0.05) is 61.9 Å². The highest BCUT2D eigenvalue weighted by Crippen LogP contribution is 2.44. The molecule has 7 nitrogen and oxygen atoms in total. The molecule has 0 aromatic heterocycles. The summed E-state index contributed by atoms with van der Waals surface area (Å²) in [5.41, 5.74) is 3.62. The molecular weight excluding hydrogens is 444 g/mol. The van der Waals surface area contributed by atoms with Gasteiger partial charge < -0.3 is 20.1 Å². The Morgan fingerprint density at radius 1 is 1.06 bits per heavy atom. The molecule has 2 aromatic carbocycles. The van der Waals surface area contributed by atoms with Gasteiger partial charge in [0.25, 0.3) is 0 Å². The minimum absolute atomic E-state index is 0.0426. The first-order chi connectivity index (χ1) is 16.7. The maximum Gasteiger partial charge on any atom is 0.407 e. The summed E-state index contributed by atoms with van der Waals surface area (Å²) in [5.74, 6) is -0.976. The summed E-state index contributed by atoms with van der Waals surface area (Å²) in [5, 5.41) is 12.4. The third-order valence-electron chi connectivity index (χ3n) is 7.43. The predicted molar refractivity (Wildman–Crippen MR) is 133 cm³/mol. The highest BCUT2D eigenvalue weighted by Gasteiger charge is 2.41. The summed E-state index contributed by atoms with van der Waals surface area (Å²) < 4.78 is 5.58. The second-order valence-corrected chi connectivity index (χ2v) is 10.2. The van der Waals surface area contributed by atoms with E-state index in [1.54, 1.807) is 13.8 Å². The highest BCUT2D eigenvalue weighted by atomic mass is 16.5. The van der Waals surface area contributed by atoms with E-state index in [2.05, 4.69) is 29.6 Å². The van der Waals surface area contributed by atoms with E-state index in [0.717, 1.165) is 35.1 Å². The van der Waals surface area contributed by atoms with Crippen molar-refractivity contribution in [3.05, 3.63) is 59.7 Å². The number of benzene rings is 2. The van der Waals surface area contributed by atoms with Crippen LogP contribution in [0.5, 0.6) is 0 Å². The Labute approximate surface area is 206 Å². The van der Waals surface area contributed by atoms with Gasteiger partial charge in [0.05, 0.1) is 5.41 Å². The number of nitrogens with one attached hydrogen (secondary N) is 1. The Morgan fingerprint density at radius 2 is 1.66 bits per heavy atom. The van der Waals surface area contributed by atoms with E-state index in [9.17, 15) is 19.5 Å². The summed E-state index contributed by atoms with van der Waals surface area (Å²) in [7, 11) is 0. The number of alkyl carbamates (subject to hydrolysis) is 1. The zero-order chi connectivity index (χ0) is 25.2. The lowest BCUT2D eigenvalue weighted by Gasteiger charge is -2.40. The minimum atomic E-state index is -0.975. The zero-order valence-electron chi connectivity index (χ0n) is 20.6. The SMILES string of the molecule is CCC1CCN(C(=O)C(C)(C)CNC(=O)OCC2c3ccccc3-c3ccccc32)C(C(=O)O)C1. The first-order valence-corrected chi connectivity index (χ1v) is 12.4. The number of hydrogen-bond acceptors (Lipinski definition) is 4. The number of likely N-dealkylation sites (tertiary alicyclic amines) is 1. The molecule has 2 N–H and O–H groups in total. The average molecular weight is 479 g/mol. The summed E-state index contributed by atoms with van der Waals surface area (Å²) in [6.45, 7) is 6.17. The van der Waals surface area contributed by atoms with Crippen molar-refractivity contribution < 1.29 is 24.2 Å². The van der Waals surface area contributed by atoms with Crippen molar-refractivity contribution in [2.24, 2.45) is 11.3 Å². The minimum Gasteiger partial charge on any atom is -0.480 e. The molecule has 1 heterocycles. The molecule has 2 amide bonds. The van der Waals surface area contributed by atoms with E-state index in [1.807, 2.05) is 31.2 Å². The van der Waals surface area contributed by atoms with Crippen molar-refractivity contribution >= 4 is 18.0 Å². The van der Waals surface area contributed by atoms with Gasteiger partial charge in [0.1, 0.15) is 12.6 Å². The normalized spacial score (nSPS) is 19.6. The molecular formula is C28H34N2O5. The predicted octanol–water partition coefficient (Wildman–Crippen LogP) is 4.65. The first-order valence-electron chi connectivity index (χ1n) is 12.4. The number of piperidine rings is 1. The summed E-state index contributed by atoms with van der Waals surface area (Å²) in [6.07, 6.45) is 1.57. The average Bonchev–Trinajstić information content (AvgIpc) is 3.19. The van der Waals surface area contributed by atoms with Crippen LogP contribution in [0.3, 0.4) is 0 Å². The van der Waals surface area contributed by atoms with Gasteiger partial charge in [0.2, 0.25) is 5.91 Å². The third-order valence-corrected chi connectivity index (χ3v) is 7.43. The van der Waals surface area contributed by atoms with Gasteiger partial charge in [0, 0.05) is 19.0 Å². The van der Waals surface area contributed by atoms with Crippen molar-refractivity contribution in [2.45, 2.75) is 52.0 Å². The maximum atomic E-state index is 13.3. The maximum absolute atomic E-state index is 13.3. The van der Waals surface area contributed by atoms with Gasteiger partial charge in [-0.3, -0.25) is 4.79 Å². The fourth-order valence-electron chi connectivity index (χ4n) is 5.29. The van der Waals surface area contributed by atoms with Gasteiger partial charge in [-0.05, 0) is 54.9 Å². The molecule has 2 unspecified atom stereocenters. The molecule has 2 atom stereocenters. The Hall–Kier alpha value is -3.35. The van der Waals surface area contributed by atoms with Crippen LogP contribution in [0, 0.1) is 11.3 Å². The van der Waals surface area contributed by atoms with Crippen molar-refractivity contribution in [2.75, 3.05) is 19.7 Å². The number of amides is 2. The topological polar surface area (TPSA) is 95.9 Å². The quantitative estimate of drug-likeness (QED) is 0.604. The number of carboxylic acids is 1. The van der Waals surface area contributed by atoms with Crippen LogP contribution in [0.15, 0.2) is 48.5 Å². The molecule has 35 heavy (non-hydrogen) atoms. The number of carboxylic acid groups (broad SMARTS) is 1. The van der Waals surface area contributed by atoms with Crippen molar-refractivity contribution in [1.82, 2.24) is 10.2 Å². The molecule has 1 aliphatic carbocycles. The molecule has 2 aromatic rings. The Kier molecular flexibility index (Phi) is 7.15. The number of aliphatic carboxylic acids is 1. The molecule has 0 radical (unpaired) electrons. The number of rotatable bonds is 7. The fraction of sp³-hybridized carbons (Fsp3) is 0.464. The van der Waals surface area contributed by atoms with Crippen molar-refractivity contribution in [3.8, 4) is 11.1 Å². The van der Waals surface area contributed by atoms with Gasteiger partial charge in [-0.2, -0.15) is 0 Å². The zero-order valence-corrected chi connectivity index (χ0v) is 20.6. The largest absolute Gasteiger partial charge is 0.480 e. The molecule has 2 aliphatic rings. The second kappa shape index (κ2) is 10.1. The van der Waals surface area contributed by atoms with Gasteiger partial charge in [0.15, 0.2) is 0 Å². The van der Waals surface area contributed by atoms with E-state index in [1.165, 1.54) is 4.90 Å². The molecule has 0 saturated carbocycles. The van der Waals surface area contributed by atoms with Gasteiger partial charge in [-0.25, -0.2) is 9.59 Å². The Balaban J connectivity index is 1.35. The number of hydrogen-bond donors (Lipinski definition) is 2. The summed E-state index contributed by atoms with van der Waals surface area (Å²) in [4.78, 5) is 39.1. The molecule has 4 rings (SSSR count).